The van der Waals surface area contributed by atoms with Gasteiger partial charge in [-0.05, 0) is 33.0 Å². The molecule has 20 heavy (non-hydrogen) atoms. The van der Waals surface area contributed by atoms with E-state index in [2.05, 4.69) is 39.0 Å². The maximum atomic E-state index is 4.70. The van der Waals surface area contributed by atoms with Crippen molar-refractivity contribution in [2.45, 2.75) is 20.4 Å². The second-order valence-corrected chi connectivity index (χ2v) is 5.10. The van der Waals surface area contributed by atoms with Gasteiger partial charge in [-0.15, -0.1) is 0 Å². The number of nitrogens with one attached hydrogen (secondary N) is 2. The molecule has 0 unspecified atom stereocenters. The summed E-state index contributed by atoms with van der Waals surface area (Å²) in [4.78, 5) is 12.4. The van der Waals surface area contributed by atoms with E-state index in [1.54, 1.807) is 0 Å². The lowest BCUT2D eigenvalue weighted by Gasteiger charge is -2.06. The van der Waals surface area contributed by atoms with Crippen molar-refractivity contribution in [2.75, 3.05) is 7.05 Å². The van der Waals surface area contributed by atoms with Crippen molar-refractivity contribution in [3.05, 3.63) is 35.5 Å². The number of rotatable bonds is 3. The molecule has 1 aromatic carbocycles. The van der Waals surface area contributed by atoms with Crippen LogP contribution < -0.4 is 5.32 Å². The van der Waals surface area contributed by atoms with Gasteiger partial charge in [0, 0.05) is 19.2 Å². The first-order valence-electron chi connectivity index (χ1n) is 6.73. The quantitative estimate of drug-likeness (QED) is 0.767. The summed E-state index contributed by atoms with van der Waals surface area (Å²) < 4.78 is 2.13. The van der Waals surface area contributed by atoms with E-state index in [4.69, 9.17) is 4.98 Å². The second kappa shape index (κ2) is 4.76. The van der Waals surface area contributed by atoms with Crippen molar-refractivity contribution in [3.63, 3.8) is 0 Å². The molecule has 0 fully saturated rings. The van der Waals surface area contributed by atoms with Crippen LogP contribution in [0.25, 0.3) is 22.3 Å². The number of hydrogen-bond acceptors (Lipinski definition) is 3. The molecule has 0 spiro atoms. The van der Waals surface area contributed by atoms with Gasteiger partial charge in [-0.2, -0.15) is 0 Å². The average Bonchev–Trinajstić information content (AvgIpc) is 2.92. The molecule has 0 saturated carbocycles. The fourth-order valence-electron chi connectivity index (χ4n) is 2.54. The van der Waals surface area contributed by atoms with Crippen LogP contribution in [0.15, 0.2) is 18.2 Å². The Hall–Kier alpha value is -2.14. The fraction of sp³-hybridized carbons (Fsp3) is 0.333. The van der Waals surface area contributed by atoms with E-state index in [9.17, 15) is 0 Å². The zero-order valence-electron chi connectivity index (χ0n) is 12.3. The van der Waals surface area contributed by atoms with Crippen molar-refractivity contribution in [2.24, 2.45) is 7.05 Å². The molecule has 0 aliphatic rings. The molecule has 0 aliphatic carbocycles. The first kappa shape index (κ1) is 12.9. The van der Waals surface area contributed by atoms with Crippen LogP contribution in [0.3, 0.4) is 0 Å². The van der Waals surface area contributed by atoms with E-state index in [1.165, 1.54) is 5.69 Å². The number of aromatic nitrogens is 4. The van der Waals surface area contributed by atoms with Crippen LogP contribution in [-0.4, -0.2) is 26.6 Å². The minimum Gasteiger partial charge on any atom is -0.342 e. The Kier molecular flexibility index (Phi) is 3.06. The Labute approximate surface area is 118 Å². The second-order valence-electron chi connectivity index (χ2n) is 5.10. The van der Waals surface area contributed by atoms with E-state index in [1.807, 2.05) is 27.0 Å². The van der Waals surface area contributed by atoms with Crippen molar-refractivity contribution in [1.82, 2.24) is 24.8 Å². The maximum absolute atomic E-state index is 4.70. The zero-order chi connectivity index (χ0) is 14.3. The molecule has 104 valence electrons. The molecule has 0 saturated heterocycles. The summed E-state index contributed by atoms with van der Waals surface area (Å²) >= 11 is 0. The first-order chi connectivity index (χ1) is 9.60. The third-order valence-electron chi connectivity index (χ3n) is 3.66. The van der Waals surface area contributed by atoms with Gasteiger partial charge in [0.2, 0.25) is 0 Å². The smallest absolute Gasteiger partial charge is 0.106 e. The number of nitrogens with zero attached hydrogens (tertiary/aromatic N) is 3. The average molecular weight is 269 g/mol. The Bertz CT molecular complexity index is 766. The molecule has 0 bridgehead atoms. The molecular formula is C15H19N5. The Morgan fingerprint density at radius 3 is 2.80 bits per heavy atom. The minimum absolute atomic E-state index is 0.798. The van der Waals surface area contributed by atoms with Crippen LogP contribution >= 0.6 is 0 Å². The van der Waals surface area contributed by atoms with Gasteiger partial charge in [0.25, 0.3) is 0 Å². The molecular weight excluding hydrogens is 250 g/mol. The van der Waals surface area contributed by atoms with Crippen LogP contribution in [0, 0.1) is 13.8 Å². The van der Waals surface area contributed by atoms with E-state index in [0.29, 0.717) is 0 Å². The lowest BCUT2D eigenvalue weighted by Crippen LogP contribution is -2.10. The number of aryl methyl sites for hydroxylation is 2. The van der Waals surface area contributed by atoms with E-state index in [0.717, 1.165) is 40.5 Å². The SMILES string of the molecule is CNCc1c(-c2ccc3nc(C)[nH]c3c2)nc(C)n1C. The van der Waals surface area contributed by atoms with Crippen molar-refractivity contribution in [3.8, 4) is 11.3 Å². The molecule has 2 N–H and O–H groups in total. The molecule has 2 aromatic heterocycles. The minimum atomic E-state index is 0.798. The molecule has 5 nitrogen and oxygen atoms in total. The summed E-state index contributed by atoms with van der Waals surface area (Å²) in [6, 6.07) is 6.25. The highest BCUT2D eigenvalue weighted by Gasteiger charge is 2.14. The lowest BCUT2D eigenvalue weighted by atomic mass is 10.1. The summed E-state index contributed by atoms with van der Waals surface area (Å²) in [5.41, 5.74) is 5.40. The monoisotopic (exact) mass is 269 g/mol. The van der Waals surface area contributed by atoms with E-state index >= 15 is 0 Å². The zero-order valence-corrected chi connectivity index (χ0v) is 12.3. The van der Waals surface area contributed by atoms with Crippen molar-refractivity contribution in [1.29, 1.82) is 0 Å². The highest BCUT2D eigenvalue weighted by atomic mass is 15.1. The summed E-state index contributed by atoms with van der Waals surface area (Å²) in [6.45, 7) is 4.80. The number of imidazole rings is 2. The highest BCUT2D eigenvalue weighted by molar-refractivity contribution is 5.81. The number of benzene rings is 1. The molecule has 3 rings (SSSR count). The molecule has 3 aromatic rings. The Balaban J connectivity index is 2.16. The van der Waals surface area contributed by atoms with Gasteiger partial charge in [0.05, 0.1) is 22.4 Å². The highest BCUT2D eigenvalue weighted by Crippen LogP contribution is 2.26. The Morgan fingerprint density at radius 1 is 1.25 bits per heavy atom. The molecule has 5 heteroatoms. The molecule has 0 atom stereocenters. The molecule has 0 amide bonds. The first-order valence-corrected chi connectivity index (χ1v) is 6.73. The van der Waals surface area contributed by atoms with Crippen LogP contribution in [0.2, 0.25) is 0 Å². The van der Waals surface area contributed by atoms with Gasteiger partial charge in [0.1, 0.15) is 11.6 Å². The third kappa shape index (κ3) is 2.00. The summed E-state index contributed by atoms with van der Waals surface area (Å²) in [6.07, 6.45) is 0. The van der Waals surface area contributed by atoms with E-state index < -0.39 is 0 Å². The van der Waals surface area contributed by atoms with Gasteiger partial charge in [-0.1, -0.05) is 6.07 Å². The molecule has 0 aliphatic heterocycles. The van der Waals surface area contributed by atoms with Gasteiger partial charge in [-0.25, -0.2) is 9.97 Å². The van der Waals surface area contributed by atoms with Gasteiger partial charge < -0.3 is 14.9 Å². The predicted molar refractivity (Wildman–Crippen MR) is 80.5 cm³/mol. The van der Waals surface area contributed by atoms with Gasteiger partial charge in [0.15, 0.2) is 0 Å². The number of aromatic amines is 1. The fourth-order valence-corrected chi connectivity index (χ4v) is 2.54. The standard InChI is InChI=1S/C15H19N5/c1-9-17-12-6-5-11(7-13(12)18-9)15-14(8-16-3)20(4)10(2)19-15/h5-7,16H,8H2,1-4H3,(H,17,18). The summed E-state index contributed by atoms with van der Waals surface area (Å²) in [5.74, 6) is 1.95. The van der Waals surface area contributed by atoms with Crippen LogP contribution in [-0.2, 0) is 13.6 Å². The van der Waals surface area contributed by atoms with Gasteiger partial charge in [-0.3, -0.25) is 0 Å². The third-order valence-corrected chi connectivity index (χ3v) is 3.66. The van der Waals surface area contributed by atoms with Crippen LogP contribution in [0.4, 0.5) is 0 Å². The molecule has 2 heterocycles. The Morgan fingerprint density at radius 2 is 2.05 bits per heavy atom. The van der Waals surface area contributed by atoms with Crippen LogP contribution in [0.5, 0.6) is 0 Å². The largest absolute Gasteiger partial charge is 0.342 e. The molecule has 0 radical (unpaired) electrons. The number of fused-ring (bicyclic) bond motifs is 1. The lowest BCUT2D eigenvalue weighted by molar-refractivity contribution is 0.722. The normalized spacial score (nSPS) is 11.4. The topological polar surface area (TPSA) is 58.5 Å². The summed E-state index contributed by atoms with van der Waals surface area (Å²) in [7, 11) is 4.00. The van der Waals surface area contributed by atoms with Crippen LogP contribution in [0.1, 0.15) is 17.3 Å². The maximum Gasteiger partial charge on any atom is 0.106 e. The van der Waals surface area contributed by atoms with Crippen molar-refractivity contribution < 1.29 is 0 Å². The van der Waals surface area contributed by atoms with E-state index in [-0.39, 0.29) is 0 Å². The number of H-pyrrole nitrogens is 1. The number of hydrogen-bond donors (Lipinski definition) is 2. The summed E-state index contributed by atoms with van der Waals surface area (Å²) in [5, 5.41) is 3.21. The van der Waals surface area contributed by atoms with Crippen molar-refractivity contribution >= 4 is 11.0 Å². The predicted octanol–water partition coefficient (Wildman–Crippen LogP) is 2.30. The van der Waals surface area contributed by atoms with Gasteiger partial charge >= 0.3 is 0 Å².